The highest BCUT2D eigenvalue weighted by atomic mass is 35.5. The molecule has 0 amide bonds. The van der Waals surface area contributed by atoms with Crippen LogP contribution in [0.1, 0.15) is 17.2 Å². The Hall–Kier alpha value is -1.75. The third-order valence-corrected chi connectivity index (χ3v) is 3.63. The van der Waals surface area contributed by atoms with Crippen molar-refractivity contribution in [2.24, 2.45) is 0 Å². The number of halogens is 1. The van der Waals surface area contributed by atoms with E-state index in [1.807, 2.05) is 42.5 Å². The molecule has 5 heteroatoms. The first-order valence-corrected chi connectivity index (χ1v) is 7.37. The molecule has 0 aromatic heterocycles. The summed E-state index contributed by atoms with van der Waals surface area (Å²) in [5.41, 5.74) is 1.85. The number of methoxy groups -OCH3 is 2. The molecule has 2 aromatic rings. The van der Waals surface area contributed by atoms with Crippen LogP contribution >= 0.6 is 11.6 Å². The van der Waals surface area contributed by atoms with Gasteiger partial charge in [0.1, 0.15) is 0 Å². The number of hydrogen-bond donors (Lipinski definition) is 2. The molecule has 0 aliphatic rings. The number of aliphatic hydroxyl groups is 1. The molecular weight excluding hydrogens is 302 g/mol. The minimum Gasteiger partial charge on any atom is -0.493 e. The van der Waals surface area contributed by atoms with Crippen molar-refractivity contribution in [2.75, 3.05) is 20.8 Å². The van der Waals surface area contributed by atoms with Gasteiger partial charge in [0, 0.05) is 13.1 Å². The highest BCUT2D eigenvalue weighted by Gasteiger charge is 2.11. The van der Waals surface area contributed by atoms with Crippen LogP contribution in [0.15, 0.2) is 42.5 Å². The van der Waals surface area contributed by atoms with Crippen LogP contribution in [0, 0.1) is 0 Å². The maximum atomic E-state index is 10.1. The molecule has 2 aromatic carbocycles. The summed E-state index contributed by atoms with van der Waals surface area (Å²) in [6.45, 7) is 1.03. The van der Waals surface area contributed by atoms with Crippen molar-refractivity contribution in [3.63, 3.8) is 0 Å². The molecule has 0 heterocycles. The second-order valence-corrected chi connectivity index (χ2v) is 5.28. The summed E-state index contributed by atoms with van der Waals surface area (Å²) in [6.07, 6.45) is -0.545. The van der Waals surface area contributed by atoms with Crippen LogP contribution in [0.25, 0.3) is 0 Å². The summed E-state index contributed by atoms with van der Waals surface area (Å²) >= 11 is 6.17. The molecule has 0 spiro atoms. The standard InChI is InChI=1S/C17H20ClNO3/c1-21-16-9-12(8-14(18)17(16)22-2)10-19-11-15(20)13-6-4-3-5-7-13/h3-9,15,19-20H,10-11H2,1-2H3/t15-/m0/s1. The van der Waals surface area contributed by atoms with Crippen molar-refractivity contribution >= 4 is 11.6 Å². The van der Waals surface area contributed by atoms with Crippen molar-refractivity contribution in [3.05, 3.63) is 58.6 Å². The molecule has 0 unspecified atom stereocenters. The normalized spacial score (nSPS) is 12.0. The lowest BCUT2D eigenvalue weighted by molar-refractivity contribution is 0.174. The molecule has 0 aliphatic carbocycles. The zero-order valence-electron chi connectivity index (χ0n) is 12.7. The molecule has 2 N–H and O–H groups in total. The van der Waals surface area contributed by atoms with E-state index in [0.29, 0.717) is 29.6 Å². The van der Waals surface area contributed by atoms with Gasteiger partial charge >= 0.3 is 0 Å². The number of ether oxygens (including phenoxy) is 2. The van der Waals surface area contributed by atoms with Crippen molar-refractivity contribution < 1.29 is 14.6 Å². The molecule has 0 aliphatic heterocycles. The van der Waals surface area contributed by atoms with Crippen molar-refractivity contribution in [2.45, 2.75) is 12.6 Å². The summed E-state index contributed by atoms with van der Waals surface area (Å²) in [4.78, 5) is 0. The average Bonchev–Trinajstić information content (AvgIpc) is 2.55. The van der Waals surface area contributed by atoms with Crippen LogP contribution in [-0.4, -0.2) is 25.9 Å². The van der Waals surface area contributed by atoms with Gasteiger partial charge in [0.05, 0.1) is 25.3 Å². The molecule has 0 radical (unpaired) electrons. The molecule has 22 heavy (non-hydrogen) atoms. The van der Waals surface area contributed by atoms with E-state index in [1.165, 1.54) is 0 Å². The predicted molar refractivity (Wildman–Crippen MR) is 87.7 cm³/mol. The second-order valence-electron chi connectivity index (χ2n) is 4.87. The monoisotopic (exact) mass is 321 g/mol. The van der Waals surface area contributed by atoms with E-state index in [-0.39, 0.29) is 0 Å². The molecule has 0 bridgehead atoms. The fourth-order valence-electron chi connectivity index (χ4n) is 2.22. The highest BCUT2D eigenvalue weighted by molar-refractivity contribution is 6.32. The van der Waals surface area contributed by atoms with Crippen molar-refractivity contribution in [3.8, 4) is 11.5 Å². The topological polar surface area (TPSA) is 50.7 Å². The fourth-order valence-corrected chi connectivity index (χ4v) is 2.53. The third-order valence-electron chi connectivity index (χ3n) is 3.34. The molecule has 2 rings (SSSR count). The van der Waals surface area contributed by atoms with E-state index in [0.717, 1.165) is 11.1 Å². The number of rotatable bonds is 7. The van der Waals surface area contributed by atoms with Crippen molar-refractivity contribution in [1.29, 1.82) is 0 Å². The average molecular weight is 322 g/mol. The van der Waals surface area contributed by atoms with E-state index in [1.54, 1.807) is 14.2 Å². The molecule has 118 valence electrons. The Morgan fingerprint density at radius 2 is 1.86 bits per heavy atom. The van der Waals surface area contributed by atoms with E-state index in [4.69, 9.17) is 21.1 Å². The number of nitrogens with one attached hydrogen (secondary N) is 1. The molecular formula is C17H20ClNO3. The zero-order chi connectivity index (χ0) is 15.9. The molecule has 0 saturated heterocycles. The highest BCUT2D eigenvalue weighted by Crippen LogP contribution is 2.35. The van der Waals surface area contributed by atoms with Crippen LogP contribution in [0.2, 0.25) is 5.02 Å². The van der Waals surface area contributed by atoms with Crippen LogP contribution in [0.5, 0.6) is 11.5 Å². The third kappa shape index (κ3) is 4.13. The Morgan fingerprint density at radius 1 is 1.14 bits per heavy atom. The molecule has 4 nitrogen and oxygen atoms in total. The maximum Gasteiger partial charge on any atom is 0.179 e. The van der Waals surface area contributed by atoms with E-state index < -0.39 is 6.10 Å². The molecule has 0 saturated carbocycles. The van der Waals surface area contributed by atoms with Gasteiger partial charge in [-0.15, -0.1) is 0 Å². The quantitative estimate of drug-likeness (QED) is 0.822. The number of hydrogen-bond acceptors (Lipinski definition) is 4. The zero-order valence-corrected chi connectivity index (χ0v) is 13.4. The summed E-state index contributed by atoms with van der Waals surface area (Å²) in [7, 11) is 3.13. The maximum absolute atomic E-state index is 10.1. The molecule has 1 atom stereocenters. The van der Waals surface area contributed by atoms with Gasteiger partial charge in [-0.2, -0.15) is 0 Å². The minimum atomic E-state index is -0.545. The Labute approximate surface area is 135 Å². The van der Waals surface area contributed by atoms with Gasteiger partial charge in [-0.1, -0.05) is 41.9 Å². The Morgan fingerprint density at radius 3 is 2.50 bits per heavy atom. The van der Waals surface area contributed by atoms with Gasteiger partial charge in [0.2, 0.25) is 0 Å². The van der Waals surface area contributed by atoms with Crippen LogP contribution in [0.4, 0.5) is 0 Å². The van der Waals surface area contributed by atoms with Gasteiger partial charge in [0.25, 0.3) is 0 Å². The smallest absolute Gasteiger partial charge is 0.179 e. The minimum absolute atomic E-state index is 0.454. The fraction of sp³-hybridized carbons (Fsp3) is 0.294. The van der Waals surface area contributed by atoms with E-state index in [2.05, 4.69) is 5.32 Å². The Bertz CT molecular complexity index is 604. The lowest BCUT2D eigenvalue weighted by Gasteiger charge is -2.14. The van der Waals surface area contributed by atoms with Gasteiger partial charge in [-0.05, 0) is 23.3 Å². The molecule has 0 fully saturated rings. The van der Waals surface area contributed by atoms with Gasteiger partial charge in [-0.25, -0.2) is 0 Å². The Kier molecular flexibility index (Phi) is 6.07. The van der Waals surface area contributed by atoms with Crippen LogP contribution < -0.4 is 14.8 Å². The first-order chi connectivity index (χ1) is 10.7. The van der Waals surface area contributed by atoms with Gasteiger partial charge in [-0.3, -0.25) is 0 Å². The SMILES string of the molecule is COc1cc(CNC[C@H](O)c2ccccc2)cc(Cl)c1OC. The summed E-state index contributed by atoms with van der Waals surface area (Å²) in [6, 6.07) is 13.2. The van der Waals surface area contributed by atoms with Crippen molar-refractivity contribution in [1.82, 2.24) is 5.32 Å². The predicted octanol–water partition coefficient (Wildman–Crippen LogP) is 3.18. The van der Waals surface area contributed by atoms with Gasteiger partial charge in [0.15, 0.2) is 11.5 Å². The lowest BCUT2D eigenvalue weighted by atomic mass is 10.1. The largest absolute Gasteiger partial charge is 0.493 e. The Balaban J connectivity index is 1.96. The van der Waals surface area contributed by atoms with Crippen LogP contribution in [-0.2, 0) is 6.54 Å². The van der Waals surface area contributed by atoms with E-state index >= 15 is 0 Å². The van der Waals surface area contributed by atoms with E-state index in [9.17, 15) is 5.11 Å². The van der Waals surface area contributed by atoms with Crippen LogP contribution in [0.3, 0.4) is 0 Å². The first kappa shape index (κ1) is 16.6. The first-order valence-electron chi connectivity index (χ1n) is 6.99. The van der Waals surface area contributed by atoms with Gasteiger partial charge < -0.3 is 19.9 Å². The number of aliphatic hydroxyl groups excluding tert-OH is 1. The number of benzene rings is 2. The summed E-state index contributed by atoms with van der Waals surface area (Å²) in [5, 5.41) is 13.8. The summed E-state index contributed by atoms with van der Waals surface area (Å²) in [5.74, 6) is 1.12. The summed E-state index contributed by atoms with van der Waals surface area (Å²) < 4.78 is 10.5. The lowest BCUT2D eigenvalue weighted by Crippen LogP contribution is -2.21. The second kappa shape index (κ2) is 8.03.